The van der Waals surface area contributed by atoms with Crippen molar-refractivity contribution in [2.24, 2.45) is 0 Å². The minimum absolute atomic E-state index is 1.00. The lowest BCUT2D eigenvalue weighted by Gasteiger charge is -2.11. The van der Waals surface area contributed by atoms with Crippen molar-refractivity contribution >= 4 is 10.9 Å². The van der Waals surface area contributed by atoms with Gasteiger partial charge in [0.15, 0.2) is 0 Å². The van der Waals surface area contributed by atoms with E-state index in [0.29, 0.717) is 0 Å². The Morgan fingerprint density at radius 1 is 0.652 bits per heavy atom. The molecule has 2 nitrogen and oxygen atoms in total. The van der Waals surface area contributed by atoms with Gasteiger partial charge in [-0.1, -0.05) is 54.1 Å². The fourth-order valence-electron chi connectivity index (χ4n) is 2.89. The van der Waals surface area contributed by atoms with Gasteiger partial charge in [-0.15, -0.1) is 0 Å². The van der Waals surface area contributed by atoms with Crippen LogP contribution in [0.4, 0.5) is 0 Å². The summed E-state index contributed by atoms with van der Waals surface area (Å²) in [6, 6.07) is 22.9. The van der Waals surface area contributed by atoms with Crippen molar-refractivity contribution in [3.63, 3.8) is 0 Å². The van der Waals surface area contributed by atoms with E-state index in [0.717, 1.165) is 27.7 Å². The number of benzene rings is 2. The molecule has 110 valence electrons. The van der Waals surface area contributed by atoms with E-state index in [1.807, 2.05) is 30.6 Å². The Kier molecular flexibility index (Phi) is 3.35. The fourth-order valence-corrected chi connectivity index (χ4v) is 2.89. The van der Waals surface area contributed by atoms with Gasteiger partial charge in [-0.05, 0) is 30.7 Å². The van der Waals surface area contributed by atoms with Crippen molar-refractivity contribution in [2.75, 3.05) is 0 Å². The largest absolute Gasteiger partial charge is 0.256 e. The number of pyridine rings is 2. The molecule has 23 heavy (non-hydrogen) atoms. The molecule has 0 N–H and O–H groups in total. The summed E-state index contributed by atoms with van der Waals surface area (Å²) >= 11 is 0. The second-order valence-electron chi connectivity index (χ2n) is 5.64. The monoisotopic (exact) mass is 296 g/mol. The molecular weight excluding hydrogens is 280 g/mol. The topological polar surface area (TPSA) is 25.8 Å². The lowest BCUT2D eigenvalue weighted by molar-refractivity contribution is 1.32. The third-order valence-electron chi connectivity index (χ3n) is 4.07. The number of aryl methyl sites for hydroxylation is 1. The predicted molar refractivity (Wildman–Crippen MR) is 95.1 cm³/mol. The molecule has 0 aliphatic heterocycles. The molecule has 0 spiro atoms. The Balaban J connectivity index is 1.97. The molecule has 2 heterocycles. The second kappa shape index (κ2) is 5.65. The van der Waals surface area contributed by atoms with Gasteiger partial charge in [0.2, 0.25) is 0 Å². The van der Waals surface area contributed by atoms with Crippen LogP contribution in [-0.2, 0) is 0 Å². The number of rotatable bonds is 2. The summed E-state index contributed by atoms with van der Waals surface area (Å²) in [6.07, 6.45) is 3.71. The lowest BCUT2D eigenvalue weighted by Crippen LogP contribution is -1.91. The van der Waals surface area contributed by atoms with Crippen molar-refractivity contribution < 1.29 is 0 Å². The molecule has 0 aliphatic carbocycles. The van der Waals surface area contributed by atoms with Gasteiger partial charge >= 0.3 is 0 Å². The van der Waals surface area contributed by atoms with Gasteiger partial charge < -0.3 is 0 Å². The molecule has 2 heteroatoms. The van der Waals surface area contributed by atoms with Gasteiger partial charge in [-0.25, -0.2) is 0 Å². The minimum atomic E-state index is 1.00. The van der Waals surface area contributed by atoms with Crippen molar-refractivity contribution in [2.45, 2.75) is 6.92 Å². The molecule has 2 aromatic heterocycles. The summed E-state index contributed by atoms with van der Waals surface area (Å²) in [5.41, 5.74) is 6.69. The zero-order valence-electron chi connectivity index (χ0n) is 12.9. The van der Waals surface area contributed by atoms with E-state index in [9.17, 15) is 0 Å². The maximum absolute atomic E-state index is 4.64. The highest BCUT2D eigenvalue weighted by Crippen LogP contribution is 2.34. The summed E-state index contributed by atoms with van der Waals surface area (Å²) in [4.78, 5) is 9.10. The Morgan fingerprint density at radius 2 is 1.48 bits per heavy atom. The standard InChI is InChI=1S/C21H16N2/c1-15-8-10-16(11-9-15)21-19(6-4-13-23-21)17-12-14-22-20-7-3-2-5-18(17)20/h2-14H,1H3. The Hall–Kier alpha value is -3.00. The second-order valence-corrected chi connectivity index (χ2v) is 5.64. The SMILES string of the molecule is Cc1ccc(-c2ncccc2-c2ccnc3ccccc23)cc1. The summed E-state index contributed by atoms with van der Waals surface area (Å²) in [7, 11) is 0. The van der Waals surface area contributed by atoms with Crippen LogP contribution in [-0.4, -0.2) is 9.97 Å². The van der Waals surface area contributed by atoms with Gasteiger partial charge in [0.1, 0.15) is 0 Å². The molecule has 0 atom stereocenters. The molecule has 0 fully saturated rings. The molecule has 2 aromatic carbocycles. The molecule has 0 amide bonds. The number of fused-ring (bicyclic) bond motifs is 1. The minimum Gasteiger partial charge on any atom is -0.256 e. The van der Waals surface area contributed by atoms with Gasteiger partial charge in [-0.3, -0.25) is 9.97 Å². The molecule has 4 rings (SSSR count). The van der Waals surface area contributed by atoms with Crippen molar-refractivity contribution in [3.05, 3.63) is 84.7 Å². The van der Waals surface area contributed by atoms with Crippen LogP contribution in [0.1, 0.15) is 5.56 Å². The molecule has 0 saturated carbocycles. The van der Waals surface area contributed by atoms with Crippen molar-refractivity contribution in [1.29, 1.82) is 0 Å². The molecular formula is C21H16N2. The van der Waals surface area contributed by atoms with E-state index in [4.69, 9.17) is 0 Å². The maximum atomic E-state index is 4.64. The van der Waals surface area contributed by atoms with Gasteiger partial charge in [-0.2, -0.15) is 0 Å². The average molecular weight is 296 g/mol. The van der Waals surface area contributed by atoms with E-state index in [1.54, 1.807) is 0 Å². The van der Waals surface area contributed by atoms with E-state index >= 15 is 0 Å². The summed E-state index contributed by atoms with van der Waals surface area (Å²) < 4.78 is 0. The predicted octanol–water partition coefficient (Wildman–Crippen LogP) is 5.27. The van der Waals surface area contributed by atoms with E-state index < -0.39 is 0 Å². The normalized spacial score (nSPS) is 10.8. The first-order chi connectivity index (χ1) is 11.3. The fraction of sp³-hybridized carbons (Fsp3) is 0.0476. The first-order valence-electron chi connectivity index (χ1n) is 7.69. The summed E-state index contributed by atoms with van der Waals surface area (Å²) in [5, 5.41) is 1.15. The Bertz CT molecular complexity index is 967. The summed E-state index contributed by atoms with van der Waals surface area (Å²) in [5.74, 6) is 0. The number of nitrogens with zero attached hydrogens (tertiary/aromatic N) is 2. The summed E-state index contributed by atoms with van der Waals surface area (Å²) in [6.45, 7) is 2.10. The first kappa shape index (κ1) is 13.6. The molecule has 0 bridgehead atoms. The van der Waals surface area contributed by atoms with E-state index in [-0.39, 0.29) is 0 Å². The van der Waals surface area contributed by atoms with E-state index in [2.05, 4.69) is 65.4 Å². The zero-order valence-corrected chi connectivity index (χ0v) is 12.9. The molecule has 0 radical (unpaired) electrons. The Labute approximate surface area is 135 Å². The smallest absolute Gasteiger partial charge is 0.0780 e. The number of aromatic nitrogens is 2. The molecule has 4 aromatic rings. The van der Waals surface area contributed by atoms with Gasteiger partial charge in [0.05, 0.1) is 11.2 Å². The van der Waals surface area contributed by atoms with Crippen LogP contribution in [0.5, 0.6) is 0 Å². The Morgan fingerprint density at radius 3 is 2.35 bits per heavy atom. The van der Waals surface area contributed by atoms with Crippen LogP contribution in [0.25, 0.3) is 33.3 Å². The number of hydrogen-bond donors (Lipinski definition) is 0. The third kappa shape index (κ3) is 2.49. The maximum Gasteiger partial charge on any atom is 0.0780 e. The first-order valence-corrected chi connectivity index (χ1v) is 7.69. The average Bonchev–Trinajstić information content (AvgIpc) is 2.62. The van der Waals surface area contributed by atoms with Crippen molar-refractivity contribution in [3.8, 4) is 22.4 Å². The molecule has 0 aliphatic rings. The highest BCUT2D eigenvalue weighted by molar-refractivity contribution is 5.97. The van der Waals surface area contributed by atoms with Crippen LogP contribution in [0, 0.1) is 6.92 Å². The quantitative estimate of drug-likeness (QED) is 0.503. The van der Waals surface area contributed by atoms with Crippen LogP contribution in [0.2, 0.25) is 0 Å². The van der Waals surface area contributed by atoms with Gasteiger partial charge in [0.25, 0.3) is 0 Å². The molecule has 0 unspecified atom stereocenters. The van der Waals surface area contributed by atoms with Crippen molar-refractivity contribution in [1.82, 2.24) is 9.97 Å². The number of hydrogen-bond acceptors (Lipinski definition) is 2. The number of para-hydroxylation sites is 1. The van der Waals surface area contributed by atoms with Crippen LogP contribution >= 0.6 is 0 Å². The van der Waals surface area contributed by atoms with E-state index in [1.165, 1.54) is 11.1 Å². The van der Waals surface area contributed by atoms with Crippen LogP contribution in [0.15, 0.2) is 79.1 Å². The lowest BCUT2D eigenvalue weighted by atomic mass is 9.96. The highest BCUT2D eigenvalue weighted by Gasteiger charge is 2.11. The third-order valence-corrected chi connectivity index (χ3v) is 4.07. The van der Waals surface area contributed by atoms with Crippen LogP contribution in [0.3, 0.4) is 0 Å². The highest BCUT2D eigenvalue weighted by atomic mass is 14.7. The van der Waals surface area contributed by atoms with Gasteiger partial charge in [0, 0.05) is 28.9 Å². The molecule has 0 saturated heterocycles. The van der Waals surface area contributed by atoms with Crippen LogP contribution < -0.4 is 0 Å². The zero-order chi connectivity index (χ0) is 15.6.